The number of rotatable bonds is 5. The Bertz CT molecular complexity index is 979. The number of methoxy groups -OCH3 is 1. The summed E-state index contributed by atoms with van der Waals surface area (Å²) in [6, 6.07) is 15.7. The van der Waals surface area contributed by atoms with E-state index in [0.717, 1.165) is 42.0 Å². The van der Waals surface area contributed by atoms with Crippen molar-refractivity contribution in [3.63, 3.8) is 0 Å². The third-order valence-electron chi connectivity index (χ3n) is 5.54. The molecule has 1 aromatic heterocycles. The molecule has 0 spiro atoms. The van der Waals surface area contributed by atoms with Crippen molar-refractivity contribution in [2.75, 3.05) is 7.11 Å². The molecule has 1 heterocycles. The SMILES string of the molecule is COc1ccccc1C(NC(=O)C1CCCc2ccccc21)c1nccn1C. The van der Waals surface area contributed by atoms with Crippen molar-refractivity contribution < 1.29 is 9.53 Å². The summed E-state index contributed by atoms with van der Waals surface area (Å²) in [6.07, 6.45) is 6.56. The highest BCUT2D eigenvalue weighted by molar-refractivity contribution is 5.85. The predicted octanol–water partition coefficient (Wildman–Crippen LogP) is 3.75. The van der Waals surface area contributed by atoms with Crippen LogP contribution in [-0.2, 0) is 18.3 Å². The lowest BCUT2D eigenvalue weighted by molar-refractivity contribution is -0.123. The Morgan fingerprint density at radius 2 is 2.00 bits per heavy atom. The van der Waals surface area contributed by atoms with E-state index in [-0.39, 0.29) is 17.9 Å². The molecular weight excluding hydrogens is 350 g/mol. The Hall–Kier alpha value is -3.08. The van der Waals surface area contributed by atoms with Crippen LogP contribution < -0.4 is 10.1 Å². The smallest absolute Gasteiger partial charge is 0.228 e. The van der Waals surface area contributed by atoms with Crippen LogP contribution in [0, 0.1) is 0 Å². The van der Waals surface area contributed by atoms with Crippen molar-refractivity contribution in [3.8, 4) is 5.75 Å². The molecule has 3 aromatic rings. The lowest BCUT2D eigenvalue weighted by Crippen LogP contribution is -2.36. The highest BCUT2D eigenvalue weighted by Gasteiger charge is 2.30. The van der Waals surface area contributed by atoms with E-state index in [0.29, 0.717) is 0 Å². The molecule has 28 heavy (non-hydrogen) atoms. The first kappa shape index (κ1) is 18.3. The number of nitrogens with one attached hydrogen (secondary N) is 1. The van der Waals surface area contributed by atoms with Crippen LogP contribution in [0.15, 0.2) is 60.9 Å². The number of aromatic nitrogens is 2. The summed E-state index contributed by atoms with van der Waals surface area (Å²) in [5.74, 6) is 1.41. The van der Waals surface area contributed by atoms with E-state index in [9.17, 15) is 4.79 Å². The van der Waals surface area contributed by atoms with Crippen molar-refractivity contribution >= 4 is 5.91 Å². The normalized spacial score (nSPS) is 16.9. The van der Waals surface area contributed by atoms with Gasteiger partial charge in [-0.05, 0) is 36.5 Å². The fourth-order valence-electron chi connectivity index (χ4n) is 4.11. The van der Waals surface area contributed by atoms with E-state index < -0.39 is 0 Å². The van der Waals surface area contributed by atoms with E-state index in [1.807, 2.05) is 54.2 Å². The highest BCUT2D eigenvalue weighted by atomic mass is 16.5. The number of para-hydroxylation sites is 1. The van der Waals surface area contributed by atoms with Crippen LogP contribution >= 0.6 is 0 Å². The van der Waals surface area contributed by atoms with Gasteiger partial charge in [0.1, 0.15) is 17.6 Å². The summed E-state index contributed by atoms with van der Waals surface area (Å²) in [7, 11) is 3.58. The van der Waals surface area contributed by atoms with Gasteiger partial charge in [0, 0.05) is 25.0 Å². The first-order chi connectivity index (χ1) is 13.7. The van der Waals surface area contributed by atoms with Gasteiger partial charge < -0.3 is 14.6 Å². The number of ether oxygens (including phenoxy) is 1. The van der Waals surface area contributed by atoms with Crippen LogP contribution in [0.5, 0.6) is 5.75 Å². The summed E-state index contributed by atoms with van der Waals surface area (Å²) >= 11 is 0. The minimum absolute atomic E-state index is 0.0334. The second-order valence-electron chi connectivity index (χ2n) is 7.22. The quantitative estimate of drug-likeness (QED) is 0.739. The standard InChI is InChI=1S/C23H25N3O2/c1-26-15-14-24-22(26)21(19-11-5-6-13-20(19)28-2)25-23(27)18-12-7-9-16-8-3-4-10-17(16)18/h3-6,8,10-11,13-15,18,21H,7,9,12H2,1-2H3,(H,25,27). The topological polar surface area (TPSA) is 56.1 Å². The van der Waals surface area contributed by atoms with Crippen molar-refractivity contribution in [3.05, 3.63) is 83.4 Å². The van der Waals surface area contributed by atoms with Crippen LogP contribution in [0.25, 0.3) is 0 Å². The Labute approximate surface area is 165 Å². The van der Waals surface area contributed by atoms with Crippen molar-refractivity contribution in [2.24, 2.45) is 7.05 Å². The van der Waals surface area contributed by atoms with Gasteiger partial charge in [0.2, 0.25) is 5.91 Å². The van der Waals surface area contributed by atoms with Gasteiger partial charge >= 0.3 is 0 Å². The molecule has 1 amide bonds. The van der Waals surface area contributed by atoms with Crippen molar-refractivity contribution in [2.45, 2.75) is 31.2 Å². The maximum Gasteiger partial charge on any atom is 0.228 e. The van der Waals surface area contributed by atoms with Gasteiger partial charge in [-0.15, -0.1) is 0 Å². The number of amides is 1. The first-order valence-corrected chi connectivity index (χ1v) is 9.67. The maximum absolute atomic E-state index is 13.4. The molecule has 5 heteroatoms. The van der Waals surface area contributed by atoms with E-state index in [4.69, 9.17) is 4.74 Å². The molecule has 2 unspecified atom stereocenters. The molecule has 0 radical (unpaired) electrons. The summed E-state index contributed by atoms with van der Waals surface area (Å²) in [5.41, 5.74) is 3.32. The fourth-order valence-corrected chi connectivity index (χ4v) is 4.11. The molecule has 1 aliphatic carbocycles. The molecule has 0 fully saturated rings. The number of carbonyl (C=O) groups is 1. The molecule has 1 aliphatic rings. The van der Waals surface area contributed by atoms with Crippen LogP contribution in [0.1, 0.15) is 47.3 Å². The molecule has 0 saturated heterocycles. The molecule has 2 aromatic carbocycles. The summed E-state index contributed by atoms with van der Waals surface area (Å²) in [6.45, 7) is 0. The minimum Gasteiger partial charge on any atom is -0.496 e. The average Bonchev–Trinajstić information content (AvgIpc) is 3.17. The number of nitrogens with zero attached hydrogens (tertiary/aromatic N) is 2. The number of imidazole rings is 1. The van der Waals surface area contributed by atoms with Gasteiger partial charge in [-0.2, -0.15) is 0 Å². The fraction of sp³-hybridized carbons (Fsp3) is 0.304. The molecule has 0 bridgehead atoms. The van der Waals surface area contributed by atoms with Crippen LogP contribution in [0.2, 0.25) is 0 Å². The molecular formula is C23H25N3O2. The first-order valence-electron chi connectivity index (χ1n) is 9.67. The molecule has 0 aliphatic heterocycles. The Kier molecular flexibility index (Phi) is 5.15. The zero-order valence-electron chi connectivity index (χ0n) is 16.3. The van der Waals surface area contributed by atoms with E-state index >= 15 is 0 Å². The number of aryl methyl sites for hydroxylation is 2. The lowest BCUT2D eigenvalue weighted by atomic mass is 9.82. The number of hydrogen-bond donors (Lipinski definition) is 1. The van der Waals surface area contributed by atoms with E-state index in [2.05, 4.69) is 22.4 Å². The second kappa shape index (κ2) is 7.89. The number of hydrogen-bond acceptors (Lipinski definition) is 3. The highest BCUT2D eigenvalue weighted by Crippen LogP contribution is 2.34. The Balaban J connectivity index is 1.69. The van der Waals surface area contributed by atoms with Crippen molar-refractivity contribution in [1.82, 2.24) is 14.9 Å². The molecule has 5 nitrogen and oxygen atoms in total. The number of fused-ring (bicyclic) bond motifs is 1. The zero-order valence-corrected chi connectivity index (χ0v) is 16.3. The van der Waals surface area contributed by atoms with Crippen LogP contribution in [0.4, 0.5) is 0 Å². The third kappa shape index (κ3) is 3.40. The van der Waals surface area contributed by atoms with Gasteiger partial charge in [-0.3, -0.25) is 4.79 Å². The van der Waals surface area contributed by atoms with E-state index in [1.54, 1.807) is 13.3 Å². The lowest BCUT2D eigenvalue weighted by Gasteiger charge is -2.28. The van der Waals surface area contributed by atoms with E-state index in [1.165, 1.54) is 5.56 Å². The molecule has 4 rings (SSSR count). The van der Waals surface area contributed by atoms with Gasteiger partial charge in [0.15, 0.2) is 0 Å². The summed E-state index contributed by atoms with van der Waals surface area (Å²) in [5, 5.41) is 3.26. The molecule has 1 N–H and O–H groups in total. The number of benzene rings is 2. The monoisotopic (exact) mass is 375 g/mol. The number of carbonyl (C=O) groups excluding carboxylic acids is 1. The maximum atomic E-state index is 13.4. The van der Waals surface area contributed by atoms with Crippen molar-refractivity contribution in [1.29, 1.82) is 0 Å². The summed E-state index contributed by atoms with van der Waals surface area (Å²) < 4.78 is 7.50. The molecule has 144 valence electrons. The predicted molar refractivity (Wildman–Crippen MR) is 108 cm³/mol. The largest absolute Gasteiger partial charge is 0.496 e. The summed E-state index contributed by atoms with van der Waals surface area (Å²) in [4.78, 5) is 17.9. The Morgan fingerprint density at radius 3 is 2.79 bits per heavy atom. The molecule has 2 atom stereocenters. The average molecular weight is 375 g/mol. The molecule has 0 saturated carbocycles. The van der Waals surface area contributed by atoms with Crippen LogP contribution in [-0.4, -0.2) is 22.6 Å². The van der Waals surface area contributed by atoms with Gasteiger partial charge in [0.25, 0.3) is 0 Å². The Morgan fingerprint density at radius 1 is 1.21 bits per heavy atom. The second-order valence-corrected chi connectivity index (χ2v) is 7.22. The van der Waals surface area contributed by atoms with Gasteiger partial charge in [-0.1, -0.05) is 42.5 Å². The zero-order chi connectivity index (χ0) is 19.5. The van der Waals surface area contributed by atoms with Gasteiger partial charge in [0.05, 0.1) is 13.0 Å². The third-order valence-corrected chi connectivity index (χ3v) is 5.54. The van der Waals surface area contributed by atoms with Gasteiger partial charge in [-0.25, -0.2) is 4.98 Å². The minimum atomic E-state index is -0.377. The van der Waals surface area contributed by atoms with Crippen LogP contribution in [0.3, 0.4) is 0 Å².